The van der Waals surface area contributed by atoms with Gasteiger partial charge in [0.1, 0.15) is 5.75 Å². The van der Waals surface area contributed by atoms with Crippen molar-refractivity contribution in [2.75, 3.05) is 0 Å². The molecule has 5 heteroatoms. The van der Waals surface area contributed by atoms with Crippen LogP contribution in [-0.4, -0.2) is 23.1 Å². The van der Waals surface area contributed by atoms with E-state index in [9.17, 15) is 14.7 Å². The summed E-state index contributed by atoms with van der Waals surface area (Å²) in [6.07, 6.45) is -0.0371. The summed E-state index contributed by atoms with van der Waals surface area (Å²) in [6, 6.07) is 16.2. The van der Waals surface area contributed by atoms with Crippen LogP contribution in [0.15, 0.2) is 54.6 Å². The molecule has 5 nitrogen and oxygen atoms in total. The molecule has 1 aliphatic rings. The molecule has 0 aromatic heterocycles. The van der Waals surface area contributed by atoms with E-state index in [1.165, 1.54) is 0 Å². The Morgan fingerprint density at radius 1 is 1.17 bits per heavy atom. The Bertz CT molecular complexity index is 734. The number of ether oxygens (including phenoxy) is 1. The van der Waals surface area contributed by atoms with Crippen LogP contribution in [0.1, 0.15) is 24.5 Å². The van der Waals surface area contributed by atoms with Gasteiger partial charge in [-0.3, -0.25) is 4.79 Å². The van der Waals surface area contributed by atoms with E-state index in [2.05, 4.69) is 5.32 Å². The van der Waals surface area contributed by atoms with Crippen molar-refractivity contribution >= 4 is 11.9 Å². The van der Waals surface area contributed by atoms with Gasteiger partial charge in [-0.2, -0.15) is 0 Å². The minimum atomic E-state index is -1.46. The number of rotatable bonds is 5. The van der Waals surface area contributed by atoms with Crippen LogP contribution in [-0.2, 0) is 21.5 Å². The second kappa shape index (κ2) is 6.35. The van der Waals surface area contributed by atoms with Crippen molar-refractivity contribution in [2.24, 2.45) is 0 Å². The molecule has 1 aliphatic heterocycles. The van der Waals surface area contributed by atoms with Crippen LogP contribution in [0.5, 0.6) is 5.75 Å². The highest BCUT2D eigenvalue weighted by molar-refractivity contribution is 5.90. The molecule has 1 heterocycles. The van der Waals surface area contributed by atoms with Crippen molar-refractivity contribution in [1.29, 1.82) is 0 Å². The number of hydrogen-bond donors (Lipinski definition) is 2. The van der Waals surface area contributed by atoms with Crippen LogP contribution < -0.4 is 10.1 Å². The van der Waals surface area contributed by atoms with E-state index in [1.807, 2.05) is 30.3 Å². The molecule has 2 N–H and O–H groups in total. The number of carbonyl (C=O) groups excluding carboxylic acids is 1. The average Bonchev–Trinajstić information content (AvgIpc) is 3.04. The van der Waals surface area contributed by atoms with Gasteiger partial charge in [-0.1, -0.05) is 55.5 Å². The van der Waals surface area contributed by atoms with Crippen LogP contribution in [0.2, 0.25) is 0 Å². The molecule has 0 bridgehead atoms. The summed E-state index contributed by atoms with van der Waals surface area (Å²) in [5, 5.41) is 12.5. The van der Waals surface area contributed by atoms with E-state index < -0.39 is 23.5 Å². The summed E-state index contributed by atoms with van der Waals surface area (Å²) in [6.45, 7) is 1.74. The lowest BCUT2D eigenvalue weighted by molar-refractivity contribution is -0.149. The highest BCUT2D eigenvalue weighted by Gasteiger charge is 2.42. The molecule has 3 rings (SSSR count). The molecule has 24 heavy (non-hydrogen) atoms. The molecule has 0 aliphatic carbocycles. The van der Waals surface area contributed by atoms with Crippen LogP contribution in [0.25, 0.3) is 0 Å². The number of amides is 1. The van der Waals surface area contributed by atoms with Crippen molar-refractivity contribution in [3.8, 4) is 5.75 Å². The van der Waals surface area contributed by atoms with Gasteiger partial charge in [-0.25, -0.2) is 4.79 Å². The quantitative estimate of drug-likeness (QED) is 0.885. The molecule has 2 aromatic carbocycles. The number of hydrogen-bond acceptors (Lipinski definition) is 3. The van der Waals surface area contributed by atoms with Crippen LogP contribution in [0.4, 0.5) is 0 Å². The maximum Gasteiger partial charge on any atom is 0.334 e. The molecule has 0 saturated carbocycles. The van der Waals surface area contributed by atoms with Gasteiger partial charge in [0.2, 0.25) is 0 Å². The van der Waals surface area contributed by atoms with Crippen LogP contribution in [0.3, 0.4) is 0 Å². The zero-order valence-corrected chi connectivity index (χ0v) is 13.4. The molecule has 0 radical (unpaired) electrons. The molecule has 2 unspecified atom stereocenters. The normalized spacial score (nSPS) is 18.1. The highest BCUT2D eigenvalue weighted by atomic mass is 16.5. The fourth-order valence-electron chi connectivity index (χ4n) is 3.03. The first-order chi connectivity index (χ1) is 11.6. The first kappa shape index (κ1) is 16.1. The Balaban J connectivity index is 1.84. The Hall–Kier alpha value is -2.82. The summed E-state index contributed by atoms with van der Waals surface area (Å²) in [5.74, 6) is -0.825. The van der Waals surface area contributed by atoms with Gasteiger partial charge in [-0.15, -0.1) is 0 Å². The largest absolute Gasteiger partial charge is 0.480 e. The Morgan fingerprint density at radius 2 is 1.83 bits per heavy atom. The van der Waals surface area contributed by atoms with Crippen LogP contribution in [0, 0.1) is 0 Å². The average molecular weight is 325 g/mol. The van der Waals surface area contributed by atoms with Crippen molar-refractivity contribution in [1.82, 2.24) is 5.32 Å². The predicted molar refractivity (Wildman–Crippen MR) is 88.8 cm³/mol. The summed E-state index contributed by atoms with van der Waals surface area (Å²) < 4.78 is 5.67. The van der Waals surface area contributed by atoms with Crippen LogP contribution >= 0.6 is 0 Å². The number of para-hydroxylation sites is 1. The van der Waals surface area contributed by atoms with Crippen molar-refractivity contribution < 1.29 is 19.4 Å². The molecule has 0 spiro atoms. The van der Waals surface area contributed by atoms with E-state index in [4.69, 9.17) is 4.74 Å². The molecular formula is C19H19NO4. The summed E-state index contributed by atoms with van der Waals surface area (Å²) in [7, 11) is 0. The second-order valence-electron chi connectivity index (χ2n) is 5.84. The molecule has 124 valence electrons. The summed E-state index contributed by atoms with van der Waals surface area (Å²) >= 11 is 0. The third kappa shape index (κ3) is 2.73. The number of fused-ring (bicyclic) bond motifs is 1. The standard InChI is InChI=1S/C19H19NO4/c1-2-19(18(22)23,14-9-4-3-5-10-14)20-17(21)16-12-13-8-6-7-11-15(13)24-16/h3-11,16H,2,12H2,1H3,(H,20,21)(H,22,23). The molecule has 1 amide bonds. The van der Waals surface area contributed by atoms with E-state index in [-0.39, 0.29) is 6.42 Å². The molecule has 0 saturated heterocycles. The molecule has 2 aromatic rings. The SMILES string of the molecule is CCC(NC(=O)C1Cc2ccccc2O1)(C(=O)O)c1ccccc1. The Kier molecular flexibility index (Phi) is 4.25. The smallest absolute Gasteiger partial charge is 0.334 e. The van der Waals surface area contributed by atoms with E-state index in [0.29, 0.717) is 17.7 Å². The lowest BCUT2D eigenvalue weighted by Crippen LogP contribution is -2.54. The van der Waals surface area contributed by atoms with Gasteiger partial charge in [0.05, 0.1) is 0 Å². The third-order valence-corrected chi connectivity index (χ3v) is 4.44. The zero-order chi connectivity index (χ0) is 17.2. The summed E-state index contributed by atoms with van der Waals surface area (Å²) in [5.41, 5.74) is 0.0369. The first-order valence-corrected chi connectivity index (χ1v) is 7.92. The number of carboxylic acid groups (broad SMARTS) is 1. The number of carbonyl (C=O) groups is 2. The fraction of sp³-hybridized carbons (Fsp3) is 0.263. The third-order valence-electron chi connectivity index (χ3n) is 4.44. The maximum atomic E-state index is 12.7. The van der Waals surface area contributed by atoms with Crippen molar-refractivity contribution in [3.63, 3.8) is 0 Å². The van der Waals surface area contributed by atoms with Gasteiger partial charge in [0, 0.05) is 6.42 Å². The highest BCUT2D eigenvalue weighted by Crippen LogP contribution is 2.30. The van der Waals surface area contributed by atoms with Gasteiger partial charge in [0.25, 0.3) is 5.91 Å². The minimum Gasteiger partial charge on any atom is -0.480 e. The number of carboxylic acids is 1. The number of nitrogens with one attached hydrogen (secondary N) is 1. The topological polar surface area (TPSA) is 75.6 Å². The number of aliphatic carboxylic acids is 1. The van der Waals surface area contributed by atoms with Gasteiger partial charge in [0.15, 0.2) is 11.6 Å². The summed E-state index contributed by atoms with van der Waals surface area (Å²) in [4.78, 5) is 24.6. The first-order valence-electron chi connectivity index (χ1n) is 7.92. The monoisotopic (exact) mass is 325 g/mol. The van der Waals surface area contributed by atoms with Gasteiger partial charge >= 0.3 is 5.97 Å². The van der Waals surface area contributed by atoms with Gasteiger partial charge < -0.3 is 15.2 Å². The van der Waals surface area contributed by atoms with Gasteiger partial charge in [-0.05, 0) is 23.6 Å². The predicted octanol–water partition coefficient (Wildman–Crippen LogP) is 2.50. The Morgan fingerprint density at radius 3 is 2.46 bits per heavy atom. The van der Waals surface area contributed by atoms with E-state index >= 15 is 0 Å². The Labute approximate surface area is 140 Å². The zero-order valence-electron chi connectivity index (χ0n) is 13.4. The lowest BCUT2D eigenvalue weighted by Gasteiger charge is -2.31. The molecular weight excluding hydrogens is 306 g/mol. The maximum absolute atomic E-state index is 12.7. The molecule has 0 fully saturated rings. The van der Waals surface area contributed by atoms with E-state index in [1.54, 1.807) is 31.2 Å². The minimum absolute atomic E-state index is 0.234. The van der Waals surface area contributed by atoms with Crippen molar-refractivity contribution in [3.05, 3.63) is 65.7 Å². The van der Waals surface area contributed by atoms with Crippen molar-refractivity contribution in [2.45, 2.75) is 31.4 Å². The number of benzene rings is 2. The molecule has 2 atom stereocenters. The second-order valence-corrected chi connectivity index (χ2v) is 5.84. The lowest BCUT2D eigenvalue weighted by atomic mass is 9.87. The van der Waals surface area contributed by atoms with E-state index in [0.717, 1.165) is 5.56 Å². The fourth-order valence-corrected chi connectivity index (χ4v) is 3.03.